The Labute approximate surface area is 104 Å². The van der Waals surface area contributed by atoms with Crippen LogP contribution < -0.4 is 5.32 Å². The van der Waals surface area contributed by atoms with Gasteiger partial charge in [-0.2, -0.15) is 0 Å². The third kappa shape index (κ3) is 5.13. The molecule has 1 heterocycles. The first kappa shape index (κ1) is 13.9. The van der Waals surface area contributed by atoms with Gasteiger partial charge < -0.3 is 10.1 Å². The van der Waals surface area contributed by atoms with E-state index in [1.54, 1.807) is 7.11 Å². The van der Waals surface area contributed by atoms with Crippen LogP contribution in [0.4, 0.5) is 5.95 Å². The number of anilines is 1. The van der Waals surface area contributed by atoms with Crippen LogP contribution in [0.2, 0.25) is 0 Å². The average molecular weight is 237 g/mol. The molecule has 96 valence electrons. The number of ether oxygens (including phenoxy) is 1. The quantitative estimate of drug-likeness (QED) is 0.826. The molecule has 0 atom stereocenters. The van der Waals surface area contributed by atoms with Crippen molar-refractivity contribution in [3.05, 3.63) is 17.5 Å². The number of hydrogen-bond donors (Lipinski definition) is 1. The lowest BCUT2D eigenvalue weighted by atomic mass is 9.90. The summed E-state index contributed by atoms with van der Waals surface area (Å²) in [6.45, 7) is 10.0. The lowest BCUT2D eigenvalue weighted by molar-refractivity contribution is 0.157. The summed E-state index contributed by atoms with van der Waals surface area (Å²) in [6, 6.07) is 1.97. The predicted molar refractivity (Wildman–Crippen MR) is 70.3 cm³/mol. The highest BCUT2D eigenvalue weighted by atomic mass is 16.5. The van der Waals surface area contributed by atoms with E-state index >= 15 is 0 Å². The van der Waals surface area contributed by atoms with E-state index in [2.05, 4.69) is 29.1 Å². The molecule has 0 aliphatic heterocycles. The topological polar surface area (TPSA) is 47.0 Å². The molecule has 0 saturated carbocycles. The Morgan fingerprint density at radius 2 is 1.82 bits per heavy atom. The standard InChI is InChI=1S/C13H23N3O/c1-10-8-11(2)16-12(15-10)14-9-13(3,4)6-7-17-5/h8H,6-7,9H2,1-5H3,(H,14,15,16). The van der Waals surface area contributed by atoms with Gasteiger partial charge in [0.15, 0.2) is 0 Å². The van der Waals surface area contributed by atoms with Crippen LogP contribution in [0.5, 0.6) is 0 Å². The maximum atomic E-state index is 5.11. The highest BCUT2D eigenvalue weighted by Crippen LogP contribution is 2.20. The third-order valence-electron chi connectivity index (χ3n) is 2.69. The van der Waals surface area contributed by atoms with Crippen molar-refractivity contribution in [2.24, 2.45) is 5.41 Å². The highest BCUT2D eigenvalue weighted by molar-refractivity contribution is 5.27. The zero-order valence-corrected chi connectivity index (χ0v) is 11.5. The van der Waals surface area contributed by atoms with Gasteiger partial charge in [-0.1, -0.05) is 13.8 Å². The number of nitrogens with one attached hydrogen (secondary N) is 1. The number of aryl methyl sites for hydroxylation is 2. The van der Waals surface area contributed by atoms with E-state index in [0.717, 1.165) is 31.0 Å². The molecule has 1 rings (SSSR count). The number of aromatic nitrogens is 2. The van der Waals surface area contributed by atoms with Gasteiger partial charge in [-0.05, 0) is 31.7 Å². The van der Waals surface area contributed by atoms with Crippen molar-refractivity contribution in [3.63, 3.8) is 0 Å². The van der Waals surface area contributed by atoms with E-state index in [1.165, 1.54) is 0 Å². The molecule has 0 fully saturated rings. The highest BCUT2D eigenvalue weighted by Gasteiger charge is 2.17. The number of nitrogens with zero attached hydrogens (tertiary/aromatic N) is 2. The summed E-state index contributed by atoms with van der Waals surface area (Å²) in [6.07, 6.45) is 1.02. The summed E-state index contributed by atoms with van der Waals surface area (Å²) >= 11 is 0. The molecule has 4 nitrogen and oxygen atoms in total. The van der Waals surface area contributed by atoms with Crippen molar-refractivity contribution in [2.45, 2.75) is 34.1 Å². The molecule has 0 spiro atoms. The van der Waals surface area contributed by atoms with Gasteiger partial charge in [0.25, 0.3) is 0 Å². The first-order valence-electron chi connectivity index (χ1n) is 5.98. The fraction of sp³-hybridized carbons (Fsp3) is 0.692. The van der Waals surface area contributed by atoms with Crippen molar-refractivity contribution in [1.82, 2.24) is 9.97 Å². The number of rotatable bonds is 6. The smallest absolute Gasteiger partial charge is 0.223 e. The molecular weight excluding hydrogens is 214 g/mol. The molecule has 0 amide bonds. The largest absolute Gasteiger partial charge is 0.385 e. The zero-order chi connectivity index (χ0) is 12.9. The van der Waals surface area contributed by atoms with Crippen molar-refractivity contribution < 1.29 is 4.74 Å². The monoisotopic (exact) mass is 237 g/mol. The Kier molecular flexibility index (Phi) is 4.87. The Bertz CT molecular complexity index is 343. The molecule has 0 aliphatic carbocycles. The van der Waals surface area contributed by atoms with E-state index in [-0.39, 0.29) is 5.41 Å². The summed E-state index contributed by atoms with van der Waals surface area (Å²) in [7, 11) is 1.73. The Balaban J connectivity index is 2.54. The second-order valence-electron chi connectivity index (χ2n) is 5.23. The molecule has 1 aromatic rings. The Hall–Kier alpha value is -1.16. The first-order chi connectivity index (χ1) is 7.93. The van der Waals surface area contributed by atoms with Gasteiger partial charge in [0.2, 0.25) is 5.95 Å². The lowest BCUT2D eigenvalue weighted by Crippen LogP contribution is -2.25. The molecule has 0 aliphatic rings. The lowest BCUT2D eigenvalue weighted by Gasteiger charge is -2.24. The Morgan fingerprint density at radius 3 is 2.35 bits per heavy atom. The molecule has 4 heteroatoms. The van der Waals surface area contributed by atoms with Gasteiger partial charge >= 0.3 is 0 Å². The summed E-state index contributed by atoms with van der Waals surface area (Å²) < 4.78 is 5.11. The van der Waals surface area contributed by atoms with E-state index in [9.17, 15) is 0 Å². The van der Waals surface area contributed by atoms with Crippen LogP contribution in [0.1, 0.15) is 31.7 Å². The summed E-state index contributed by atoms with van der Waals surface area (Å²) in [5, 5.41) is 3.30. The number of hydrogen-bond acceptors (Lipinski definition) is 4. The third-order valence-corrected chi connectivity index (χ3v) is 2.69. The first-order valence-corrected chi connectivity index (χ1v) is 5.98. The van der Waals surface area contributed by atoms with E-state index in [0.29, 0.717) is 5.95 Å². The summed E-state index contributed by atoms with van der Waals surface area (Å²) in [5.74, 6) is 0.716. The maximum absolute atomic E-state index is 5.11. The van der Waals surface area contributed by atoms with Crippen LogP contribution in [-0.2, 0) is 4.74 Å². The minimum absolute atomic E-state index is 0.178. The van der Waals surface area contributed by atoms with Crippen LogP contribution in [0.3, 0.4) is 0 Å². The number of methoxy groups -OCH3 is 1. The molecule has 0 saturated heterocycles. The fourth-order valence-electron chi connectivity index (χ4n) is 1.59. The predicted octanol–water partition coefficient (Wildman–Crippen LogP) is 2.57. The second kappa shape index (κ2) is 5.96. The van der Waals surface area contributed by atoms with Crippen LogP contribution in [0, 0.1) is 19.3 Å². The van der Waals surface area contributed by atoms with Crippen molar-refractivity contribution in [3.8, 4) is 0 Å². The molecule has 0 unspecified atom stereocenters. The van der Waals surface area contributed by atoms with E-state index < -0.39 is 0 Å². The summed E-state index contributed by atoms with van der Waals surface area (Å²) in [5.41, 5.74) is 2.17. The van der Waals surface area contributed by atoms with Crippen LogP contribution in [0.15, 0.2) is 6.07 Å². The van der Waals surface area contributed by atoms with Gasteiger partial charge in [-0.3, -0.25) is 0 Å². The molecular formula is C13H23N3O. The van der Waals surface area contributed by atoms with Crippen molar-refractivity contribution >= 4 is 5.95 Å². The SMILES string of the molecule is COCCC(C)(C)CNc1nc(C)cc(C)n1. The zero-order valence-electron chi connectivity index (χ0n) is 11.5. The molecule has 1 aromatic heterocycles. The van der Waals surface area contributed by atoms with Crippen molar-refractivity contribution in [2.75, 3.05) is 25.6 Å². The molecule has 0 bridgehead atoms. The second-order valence-corrected chi connectivity index (χ2v) is 5.23. The minimum Gasteiger partial charge on any atom is -0.385 e. The minimum atomic E-state index is 0.178. The normalized spacial score (nSPS) is 11.6. The molecule has 0 radical (unpaired) electrons. The molecule has 1 N–H and O–H groups in total. The van der Waals surface area contributed by atoms with Gasteiger partial charge in [0.05, 0.1) is 0 Å². The fourth-order valence-corrected chi connectivity index (χ4v) is 1.59. The van der Waals surface area contributed by atoms with Crippen LogP contribution in [-0.4, -0.2) is 30.2 Å². The molecule has 0 aromatic carbocycles. The van der Waals surface area contributed by atoms with E-state index in [1.807, 2.05) is 19.9 Å². The van der Waals surface area contributed by atoms with Crippen LogP contribution in [0.25, 0.3) is 0 Å². The van der Waals surface area contributed by atoms with Crippen LogP contribution >= 0.6 is 0 Å². The summed E-state index contributed by atoms with van der Waals surface area (Å²) in [4.78, 5) is 8.73. The maximum Gasteiger partial charge on any atom is 0.223 e. The Morgan fingerprint density at radius 1 is 1.24 bits per heavy atom. The van der Waals surface area contributed by atoms with Gasteiger partial charge in [-0.25, -0.2) is 9.97 Å². The van der Waals surface area contributed by atoms with E-state index in [4.69, 9.17) is 4.74 Å². The van der Waals surface area contributed by atoms with Gasteiger partial charge in [0.1, 0.15) is 0 Å². The van der Waals surface area contributed by atoms with Gasteiger partial charge in [0, 0.05) is 31.6 Å². The van der Waals surface area contributed by atoms with Gasteiger partial charge in [-0.15, -0.1) is 0 Å². The molecule has 17 heavy (non-hydrogen) atoms. The average Bonchev–Trinajstić information content (AvgIpc) is 2.23. The van der Waals surface area contributed by atoms with Crippen molar-refractivity contribution in [1.29, 1.82) is 0 Å².